The van der Waals surface area contributed by atoms with E-state index >= 15 is 0 Å². The maximum Gasteiger partial charge on any atom is 0.315 e. The van der Waals surface area contributed by atoms with Crippen molar-refractivity contribution < 1.29 is 19.4 Å². The number of amides is 2. The van der Waals surface area contributed by atoms with Crippen molar-refractivity contribution in [3.63, 3.8) is 0 Å². The number of aliphatic carboxylic acids is 1. The molecule has 0 saturated carbocycles. The number of carbonyl (C=O) groups excluding carboxylic acids is 1. The second-order valence-corrected chi connectivity index (χ2v) is 7.66. The normalized spacial score (nSPS) is 25.9. The summed E-state index contributed by atoms with van der Waals surface area (Å²) in [7, 11) is 0. The molecule has 0 radical (unpaired) electrons. The highest BCUT2D eigenvalue weighted by molar-refractivity contribution is 5.73. The van der Waals surface area contributed by atoms with Crippen LogP contribution in [0.4, 0.5) is 4.79 Å². The summed E-state index contributed by atoms with van der Waals surface area (Å²) >= 11 is 0. The average molecular weight is 386 g/mol. The lowest BCUT2D eigenvalue weighted by atomic mass is 9.77. The summed E-state index contributed by atoms with van der Waals surface area (Å²) in [4.78, 5) is 22.7. The third kappa shape index (κ3) is 5.83. The molecule has 28 heavy (non-hydrogen) atoms. The van der Waals surface area contributed by atoms with Gasteiger partial charge in [-0.05, 0) is 43.6 Å². The molecule has 1 aromatic rings. The molecule has 0 aliphatic carbocycles. The van der Waals surface area contributed by atoms with Gasteiger partial charge in [-0.3, -0.25) is 4.79 Å². The van der Waals surface area contributed by atoms with Crippen LogP contribution >= 0.6 is 0 Å². The quantitative estimate of drug-likeness (QED) is 0.424. The van der Waals surface area contributed by atoms with E-state index in [1.807, 2.05) is 30.3 Å². The number of carbonyl (C=O) groups is 2. The molecule has 2 fully saturated rings. The molecule has 0 unspecified atom stereocenters. The van der Waals surface area contributed by atoms with Crippen LogP contribution in [0.1, 0.15) is 44.1 Å². The molecule has 0 aromatic heterocycles. The second kappa shape index (κ2) is 10.3. The minimum Gasteiger partial charge on any atom is -0.481 e. The van der Waals surface area contributed by atoms with Crippen LogP contribution in [-0.4, -0.2) is 35.9 Å². The van der Waals surface area contributed by atoms with E-state index in [4.69, 9.17) is 9.84 Å². The number of ether oxygens (including phenoxy) is 1. The first-order chi connectivity index (χ1) is 13.6. The molecule has 6 nitrogen and oxygen atoms in total. The monoisotopic (exact) mass is 386 g/mol. The number of carboxylic acids is 1. The number of hydrogen-bond donors (Lipinski definition) is 3. The number of benzene rings is 1. The van der Waals surface area contributed by atoms with E-state index in [0.717, 1.165) is 31.2 Å². The zero-order valence-corrected chi connectivity index (χ0v) is 16.2. The molecule has 6 heteroatoms. The predicted molar refractivity (Wildman–Crippen MR) is 107 cm³/mol. The molecule has 2 aliphatic heterocycles. The maximum atomic E-state index is 12.1. The average Bonchev–Trinajstić information content (AvgIpc) is 3.30. The Hall–Kier alpha value is -2.34. The molecule has 152 valence electrons. The van der Waals surface area contributed by atoms with Gasteiger partial charge in [-0.2, -0.15) is 0 Å². The largest absolute Gasteiger partial charge is 0.481 e. The van der Waals surface area contributed by atoms with Crippen molar-refractivity contribution in [3.05, 3.63) is 48.0 Å². The molecule has 2 aliphatic rings. The van der Waals surface area contributed by atoms with Crippen LogP contribution in [0, 0.1) is 11.8 Å². The lowest BCUT2D eigenvalue weighted by molar-refractivity contribution is -0.137. The van der Waals surface area contributed by atoms with Crippen molar-refractivity contribution in [2.24, 2.45) is 11.8 Å². The highest BCUT2D eigenvalue weighted by Crippen LogP contribution is 2.44. The van der Waals surface area contributed by atoms with Crippen LogP contribution in [0.3, 0.4) is 0 Å². The van der Waals surface area contributed by atoms with E-state index < -0.39 is 5.97 Å². The van der Waals surface area contributed by atoms with Crippen LogP contribution in [0.5, 0.6) is 0 Å². The molecule has 0 spiro atoms. The Bertz CT molecular complexity index is 676. The van der Waals surface area contributed by atoms with Gasteiger partial charge in [0.2, 0.25) is 0 Å². The number of allylic oxidation sites excluding steroid dienone is 2. The van der Waals surface area contributed by atoms with E-state index in [-0.39, 0.29) is 24.7 Å². The summed E-state index contributed by atoms with van der Waals surface area (Å²) in [5.41, 5.74) is 1.08. The third-order valence-corrected chi connectivity index (χ3v) is 5.72. The zero-order chi connectivity index (χ0) is 19.8. The minimum absolute atomic E-state index is 0.144. The molecule has 4 atom stereocenters. The highest BCUT2D eigenvalue weighted by atomic mass is 16.5. The molecule has 2 heterocycles. The Morgan fingerprint density at radius 2 is 1.82 bits per heavy atom. The van der Waals surface area contributed by atoms with Crippen LogP contribution < -0.4 is 10.6 Å². The van der Waals surface area contributed by atoms with Gasteiger partial charge >= 0.3 is 12.0 Å². The van der Waals surface area contributed by atoms with Crippen LogP contribution in [0.25, 0.3) is 0 Å². The predicted octanol–water partition coefficient (Wildman–Crippen LogP) is 3.48. The summed E-state index contributed by atoms with van der Waals surface area (Å²) in [5, 5.41) is 14.6. The van der Waals surface area contributed by atoms with Gasteiger partial charge < -0.3 is 20.5 Å². The fourth-order valence-electron chi connectivity index (χ4n) is 4.27. The van der Waals surface area contributed by atoms with Crippen molar-refractivity contribution in [2.75, 3.05) is 6.54 Å². The number of fused-ring (bicyclic) bond motifs is 2. The number of urea groups is 1. The Morgan fingerprint density at radius 1 is 1.07 bits per heavy atom. The van der Waals surface area contributed by atoms with Crippen molar-refractivity contribution >= 4 is 12.0 Å². The van der Waals surface area contributed by atoms with Crippen molar-refractivity contribution in [1.29, 1.82) is 0 Å². The first kappa shape index (κ1) is 20.4. The Balaban J connectivity index is 1.40. The zero-order valence-electron chi connectivity index (χ0n) is 16.2. The van der Waals surface area contributed by atoms with Crippen molar-refractivity contribution in [3.8, 4) is 0 Å². The molecule has 2 bridgehead atoms. The summed E-state index contributed by atoms with van der Waals surface area (Å²) < 4.78 is 6.09. The lowest BCUT2D eigenvalue weighted by Gasteiger charge is -2.27. The first-order valence-corrected chi connectivity index (χ1v) is 10.2. The Labute approximate surface area is 166 Å². The molecule has 2 amide bonds. The number of unbranched alkanes of at least 4 members (excludes halogenated alkanes) is 1. The van der Waals surface area contributed by atoms with Gasteiger partial charge in [0.1, 0.15) is 0 Å². The van der Waals surface area contributed by atoms with Crippen LogP contribution in [-0.2, 0) is 16.1 Å². The smallest absolute Gasteiger partial charge is 0.315 e. The van der Waals surface area contributed by atoms with Gasteiger partial charge in [-0.1, -0.05) is 42.5 Å². The van der Waals surface area contributed by atoms with Gasteiger partial charge in [0.05, 0.1) is 12.2 Å². The minimum atomic E-state index is -0.744. The SMILES string of the molecule is O=C(O)CCC/C=C\C[C@@H]1[C@H](CNC(=O)NCc2ccccc2)[C@@H]2CC[C@H]1O2. The van der Waals surface area contributed by atoms with Gasteiger partial charge in [0.15, 0.2) is 0 Å². The van der Waals surface area contributed by atoms with E-state index in [1.165, 1.54) is 0 Å². The number of nitrogens with one attached hydrogen (secondary N) is 2. The molecule has 2 saturated heterocycles. The van der Waals surface area contributed by atoms with Gasteiger partial charge in [-0.25, -0.2) is 4.79 Å². The summed E-state index contributed by atoms with van der Waals surface area (Å²) in [6, 6.07) is 9.71. The topological polar surface area (TPSA) is 87.7 Å². The maximum absolute atomic E-state index is 12.1. The van der Waals surface area contributed by atoms with Gasteiger partial charge in [-0.15, -0.1) is 0 Å². The van der Waals surface area contributed by atoms with Crippen molar-refractivity contribution in [1.82, 2.24) is 10.6 Å². The summed E-state index contributed by atoms with van der Waals surface area (Å²) in [6.45, 7) is 1.14. The molecular weight excluding hydrogens is 356 g/mol. The number of rotatable bonds is 10. The Kier molecular flexibility index (Phi) is 7.48. The van der Waals surface area contributed by atoms with E-state index in [1.54, 1.807) is 0 Å². The molecule has 3 rings (SSSR count). The van der Waals surface area contributed by atoms with Crippen molar-refractivity contribution in [2.45, 2.75) is 57.3 Å². The first-order valence-electron chi connectivity index (χ1n) is 10.2. The lowest BCUT2D eigenvalue weighted by Crippen LogP contribution is -2.42. The highest BCUT2D eigenvalue weighted by Gasteiger charge is 2.47. The fourth-order valence-corrected chi connectivity index (χ4v) is 4.27. The third-order valence-electron chi connectivity index (χ3n) is 5.72. The van der Waals surface area contributed by atoms with E-state index in [0.29, 0.717) is 31.3 Å². The van der Waals surface area contributed by atoms with Crippen LogP contribution in [0.2, 0.25) is 0 Å². The standard InChI is InChI=1S/C22H30N2O4/c25-21(26)11-7-2-1-6-10-17-18(20-13-12-19(17)28-20)15-24-22(27)23-14-16-8-4-3-5-9-16/h1,3-6,8-9,17-20H,2,7,10-15H2,(H,25,26)(H2,23,24,27)/b6-1-/t17-,18+,19-,20+/m1/s1. The summed E-state index contributed by atoms with van der Waals surface area (Å²) in [5.74, 6) is 0.0142. The summed E-state index contributed by atoms with van der Waals surface area (Å²) in [6.07, 6.45) is 9.52. The molecule has 1 aromatic carbocycles. The second-order valence-electron chi connectivity index (χ2n) is 7.66. The molecule has 3 N–H and O–H groups in total. The molecular formula is C22H30N2O4. The Morgan fingerprint density at radius 3 is 2.57 bits per heavy atom. The van der Waals surface area contributed by atoms with Gasteiger partial charge in [0.25, 0.3) is 0 Å². The van der Waals surface area contributed by atoms with Gasteiger partial charge in [0, 0.05) is 25.4 Å². The fraction of sp³-hybridized carbons (Fsp3) is 0.545. The van der Waals surface area contributed by atoms with E-state index in [2.05, 4.69) is 22.8 Å². The number of carboxylic acid groups (broad SMARTS) is 1. The van der Waals surface area contributed by atoms with Crippen LogP contribution in [0.15, 0.2) is 42.5 Å². The van der Waals surface area contributed by atoms with E-state index in [9.17, 15) is 9.59 Å². The number of hydrogen-bond acceptors (Lipinski definition) is 3.